The van der Waals surface area contributed by atoms with E-state index in [-0.39, 0.29) is 12.2 Å². The molecule has 2 fully saturated rings. The summed E-state index contributed by atoms with van der Waals surface area (Å²) in [7, 11) is 0. The summed E-state index contributed by atoms with van der Waals surface area (Å²) in [4.78, 5) is 0. The van der Waals surface area contributed by atoms with Gasteiger partial charge in [-0.05, 0) is 61.2 Å². The molecule has 2 heterocycles. The fourth-order valence-corrected chi connectivity index (χ4v) is 3.37. The van der Waals surface area contributed by atoms with Gasteiger partial charge >= 0.3 is 0 Å². The molecule has 30 heavy (non-hydrogen) atoms. The smallest absolute Gasteiger partial charge is 0.187 e. The summed E-state index contributed by atoms with van der Waals surface area (Å²) < 4.78 is 11.1. The molecule has 1 aromatic rings. The van der Waals surface area contributed by atoms with Gasteiger partial charge in [-0.15, -0.1) is 0 Å². The van der Waals surface area contributed by atoms with Crippen LogP contribution in [0.2, 0.25) is 0 Å². The van der Waals surface area contributed by atoms with Crippen molar-refractivity contribution < 1.29 is 9.47 Å². The van der Waals surface area contributed by atoms with Crippen molar-refractivity contribution >= 4 is 47.1 Å². The van der Waals surface area contributed by atoms with Crippen molar-refractivity contribution in [3.63, 3.8) is 0 Å². The molecule has 1 aromatic carbocycles. The lowest BCUT2D eigenvalue weighted by Crippen LogP contribution is -2.37. The molecule has 0 saturated carbocycles. The lowest BCUT2D eigenvalue weighted by molar-refractivity contribution is 0.114. The van der Waals surface area contributed by atoms with Gasteiger partial charge in [0.25, 0.3) is 0 Å². The van der Waals surface area contributed by atoms with E-state index in [1.807, 2.05) is 24.3 Å². The summed E-state index contributed by atoms with van der Waals surface area (Å²) in [6.45, 7) is 3.08. The first-order chi connectivity index (χ1) is 14.7. The van der Waals surface area contributed by atoms with Gasteiger partial charge in [0, 0.05) is 26.3 Å². The summed E-state index contributed by atoms with van der Waals surface area (Å²) in [6, 6.07) is 7.79. The minimum Gasteiger partial charge on any atom is -0.376 e. The second-order valence-corrected chi connectivity index (χ2v) is 7.91. The zero-order chi connectivity index (χ0) is 21.0. The number of hydrazone groups is 2. The van der Waals surface area contributed by atoms with Crippen LogP contribution < -0.4 is 21.5 Å². The highest BCUT2D eigenvalue weighted by Crippen LogP contribution is 2.11. The van der Waals surface area contributed by atoms with Gasteiger partial charge in [0.2, 0.25) is 0 Å². The van der Waals surface area contributed by atoms with Gasteiger partial charge in [-0.3, -0.25) is 10.9 Å². The molecule has 2 unspecified atom stereocenters. The van der Waals surface area contributed by atoms with Crippen LogP contribution >= 0.6 is 24.4 Å². The van der Waals surface area contributed by atoms with Crippen LogP contribution in [-0.4, -0.2) is 61.2 Å². The highest BCUT2D eigenvalue weighted by atomic mass is 32.1. The van der Waals surface area contributed by atoms with Crippen LogP contribution in [-0.2, 0) is 9.47 Å². The molecule has 2 aliphatic heterocycles. The third-order valence-corrected chi connectivity index (χ3v) is 5.20. The first-order valence-electron chi connectivity index (χ1n) is 10.2. The van der Waals surface area contributed by atoms with Gasteiger partial charge in [0.05, 0.1) is 24.6 Å². The maximum Gasteiger partial charge on any atom is 0.187 e. The van der Waals surface area contributed by atoms with E-state index in [4.69, 9.17) is 33.9 Å². The Hall–Kier alpha value is -2.14. The molecule has 8 nitrogen and oxygen atoms in total. The van der Waals surface area contributed by atoms with E-state index in [2.05, 4.69) is 31.7 Å². The van der Waals surface area contributed by atoms with E-state index < -0.39 is 0 Å². The normalized spacial score (nSPS) is 21.2. The Morgan fingerprint density at radius 3 is 1.63 bits per heavy atom. The van der Waals surface area contributed by atoms with Crippen LogP contribution in [0.3, 0.4) is 0 Å². The van der Waals surface area contributed by atoms with Crippen molar-refractivity contribution in [2.24, 2.45) is 10.2 Å². The van der Waals surface area contributed by atoms with Crippen LogP contribution in [0.15, 0.2) is 34.5 Å². The second-order valence-electron chi connectivity index (χ2n) is 7.10. The molecule has 0 aromatic heterocycles. The molecular formula is C20H28N6O2S2. The second kappa shape index (κ2) is 12.5. The van der Waals surface area contributed by atoms with Crippen LogP contribution in [0.4, 0.5) is 0 Å². The summed E-state index contributed by atoms with van der Waals surface area (Å²) in [5, 5.41) is 15.5. The van der Waals surface area contributed by atoms with E-state index in [1.165, 1.54) is 0 Å². The van der Waals surface area contributed by atoms with Crippen molar-refractivity contribution in [1.29, 1.82) is 0 Å². The van der Waals surface area contributed by atoms with E-state index in [9.17, 15) is 0 Å². The topological polar surface area (TPSA) is 91.3 Å². The Morgan fingerprint density at radius 1 is 0.833 bits per heavy atom. The van der Waals surface area contributed by atoms with E-state index in [1.54, 1.807) is 12.4 Å². The minimum absolute atomic E-state index is 0.240. The number of hydrogen-bond donors (Lipinski definition) is 4. The third-order valence-electron chi connectivity index (χ3n) is 4.72. The molecule has 0 aliphatic carbocycles. The monoisotopic (exact) mass is 448 g/mol. The number of nitrogens with zero attached hydrogens (tertiary/aromatic N) is 2. The fourth-order valence-electron chi connectivity index (χ4n) is 3.10. The Morgan fingerprint density at radius 2 is 1.27 bits per heavy atom. The van der Waals surface area contributed by atoms with Gasteiger partial charge in [-0.25, -0.2) is 0 Å². The Balaban J connectivity index is 1.32. The molecule has 162 valence electrons. The number of benzene rings is 1. The SMILES string of the molecule is S=C(NCC1CCCO1)NN=Cc1ccc(C=NNC(=S)NCC2CCCO2)cc1. The number of rotatable bonds is 8. The molecule has 0 amide bonds. The van der Waals surface area contributed by atoms with Gasteiger partial charge in [-0.1, -0.05) is 24.3 Å². The summed E-state index contributed by atoms with van der Waals surface area (Å²) in [6.07, 6.45) is 8.27. The number of thiocarbonyl (C=S) groups is 2. The lowest BCUT2D eigenvalue weighted by atomic mass is 10.2. The number of ether oxygens (including phenoxy) is 2. The quantitative estimate of drug-likeness (QED) is 0.271. The molecule has 3 rings (SSSR count). The third kappa shape index (κ3) is 8.31. The van der Waals surface area contributed by atoms with Crippen LogP contribution in [0, 0.1) is 0 Å². The molecule has 2 saturated heterocycles. The molecule has 10 heteroatoms. The first-order valence-corrected chi connectivity index (χ1v) is 11.0. The van der Waals surface area contributed by atoms with E-state index in [0.29, 0.717) is 23.3 Å². The van der Waals surface area contributed by atoms with Crippen molar-refractivity contribution in [3.05, 3.63) is 35.4 Å². The first kappa shape index (κ1) is 22.5. The number of nitrogens with one attached hydrogen (secondary N) is 4. The zero-order valence-corrected chi connectivity index (χ0v) is 18.4. The van der Waals surface area contributed by atoms with Gasteiger partial charge in [-0.2, -0.15) is 10.2 Å². The maximum atomic E-state index is 5.54. The maximum absolute atomic E-state index is 5.54. The van der Waals surface area contributed by atoms with Gasteiger partial charge in [0.15, 0.2) is 10.2 Å². The standard InChI is InChI=1S/C20H28N6O2S2/c29-19(21-13-17-3-1-9-27-17)25-23-11-15-5-7-16(8-6-15)12-24-26-20(30)22-14-18-4-2-10-28-18/h5-8,11-12,17-18H,1-4,9-10,13-14H2,(H2,21,25,29)(H2,22,26,30). The van der Waals surface area contributed by atoms with E-state index in [0.717, 1.165) is 50.0 Å². The molecule has 0 spiro atoms. The van der Waals surface area contributed by atoms with Gasteiger partial charge in [0.1, 0.15) is 0 Å². The highest BCUT2D eigenvalue weighted by molar-refractivity contribution is 7.80. The molecule has 2 aliphatic rings. The summed E-state index contributed by atoms with van der Waals surface area (Å²) in [5.41, 5.74) is 7.53. The van der Waals surface area contributed by atoms with Crippen molar-refractivity contribution in [2.45, 2.75) is 37.9 Å². The predicted octanol–water partition coefficient (Wildman–Crippen LogP) is 1.64. The minimum atomic E-state index is 0.240. The zero-order valence-electron chi connectivity index (χ0n) is 16.8. The average Bonchev–Trinajstić information content (AvgIpc) is 3.46. The van der Waals surface area contributed by atoms with Crippen LogP contribution in [0.5, 0.6) is 0 Å². The molecule has 0 bridgehead atoms. The summed E-state index contributed by atoms with van der Waals surface area (Å²) in [5.74, 6) is 0. The molecule has 4 N–H and O–H groups in total. The lowest BCUT2D eigenvalue weighted by Gasteiger charge is -2.11. The molecular weight excluding hydrogens is 420 g/mol. The average molecular weight is 449 g/mol. The molecule has 2 atom stereocenters. The van der Waals surface area contributed by atoms with Crippen molar-refractivity contribution in [3.8, 4) is 0 Å². The van der Waals surface area contributed by atoms with Crippen molar-refractivity contribution in [1.82, 2.24) is 21.5 Å². The van der Waals surface area contributed by atoms with Crippen LogP contribution in [0.25, 0.3) is 0 Å². The summed E-state index contributed by atoms with van der Waals surface area (Å²) >= 11 is 10.4. The largest absolute Gasteiger partial charge is 0.376 e. The van der Waals surface area contributed by atoms with E-state index >= 15 is 0 Å². The van der Waals surface area contributed by atoms with Crippen molar-refractivity contribution in [2.75, 3.05) is 26.3 Å². The Bertz CT molecular complexity index is 681. The molecule has 0 radical (unpaired) electrons. The van der Waals surface area contributed by atoms with Crippen LogP contribution in [0.1, 0.15) is 36.8 Å². The Labute approximate surface area is 187 Å². The highest BCUT2D eigenvalue weighted by Gasteiger charge is 2.15. The Kier molecular flexibility index (Phi) is 9.42. The fraction of sp³-hybridized carbons (Fsp3) is 0.500. The number of hydrogen-bond acceptors (Lipinski definition) is 6. The van der Waals surface area contributed by atoms with Gasteiger partial charge < -0.3 is 20.1 Å². The predicted molar refractivity (Wildman–Crippen MR) is 127 cm³/mol.